The van der Waals surface area contributed by atoms with Gasteiger partial charge in [0.2, 0.25) is 0 Å². The second-order valence-corrected chi connectivity index (χ2v) is 6.56. The van der Waals surface area contributed by atoms with Gasteiger partial charge in [-0.3, -0.25) is 4.68 Å². The van der Waals surface area contributed by atoms with Gasteiger partial charge >= 0.3 is 6.03 Å². The first kappa shape index (κ1) is 14.3. The second kappa shape index (κ2) is 6.07. The van der Waals surface area contributed by atoms with Gasteiger partial charge in [0.15, 0.2) is 0 Å². The summed E-state index contributed by atoms with van der Waals surface area (Å²) in [5.74, 6) is 0. The van der Waals surface area contributed by atoms with Gasteiger partial charge in [0.25, 0.3) is 0 Å². The van der Waals surface area contributed by atoms with Crippen LogP contribution in [0.1, 0.15) is 37.7 Å². The zero-order chi connectivity index (χ0) is 15.6. The molecule has 2 unspecified atom stereocenters. The molecule has 0 saturated carbocycles. The second-order valence-electron chi connectivity index (χ2n) is 6.56. The molecular weight excluding hydrogens is 288 g/mol. The van der Waals surface area contributed by atoms with Crippen molar-refractivity contribution in [1.82, 2.24) is 14.7 Å². The van der Waals surface area contributed by atoms with Crippen molar-refractivity contribution in [2.45, 2.75) is 50.7 Å². The Bertz CT molecular complexity index is 666. The van der Waals surface area contributed by atoms with E-state index in [4.69, 9.17) is 0 Å². The van der Waals surface area contributed by atoms with Crippen LogP contribution in [0.25, 0.3) is 0 Å². The molecule has 2 atom stereocenters. The summed E-state index contributed by atoms with van der Waals surface area (Å²) >= 11 is 0. The number of hydrogen-bond donors (Lipinski definition) is 1. The summed E-state index contributed by atoms with van der Waals surface area (Å²) in [7, 11) is 0. The summed E-state index contributed by atoms with van der Waals surface area (Å²) in [5, 5.41) is 7.31. The van der Waals surface area contributed by atoms with Crippen molar-refractivity contribution in [1.29, 1.82) is 0 Å². The number of rotatable bonds is 3. The number of piperidine rings is 1. The number of carbonyl (C=O) groups is 1. The highest BCUT2D eigenvalue weighted by Crippen LogP contribution is 2.35. The van der Waals surface area contributed by atoms with Crippen molar-refractivity contribution in [3.63, 3.8) is 0 Å². The molecule has 0 spiro atoms. The number of nitrogens with zero attached hydrogens (tertiary/aromatic N) is 3. The Morgan fingerprint density at radius 2 is 2.00 bits per heavy atom. The fraction of sp³-hybridized carbons (Fsp3) is 0.444. The van der Waals surface area contributed by atoms with E-state index in [-0.39, 0.29) is 6.03 Å². The third-order valence-electron chi connectivity index (χ3n) is 5.01. The van der Waals surface area contributed by atoms with Crippen LogP contribution in [0.5, 0.6) is 0 Å². The number of nitrogens with one attached hydrogen (secondary N) is 1. The molecule has 120 valence electrons. The molecule has 3 heterocycles. The van der Waals surface area contributed by atoms with Crippen molar-refractivity contribution in [3.8, 4) is 0 Å². The maximum absolute atomic E-state index is 12.7. The quantitative estimate of drug-likeness (QED) is 0.943. The van der Waals surface area contributed by atoms with Crippen LogP contribution >= 0.6 is 0 Å². The largest absolute Gasteiger partial charge is 0.322 e. The van der Waals surface area contributed by atoms with Gasteiger partial charge in [-0.05, 0) is 55.9 Å². The van der Waals surface area contributed by atoms with Crippen LogP contribution in [0.3, 0.4) is 0 Å². The highest BCUT2D eigenvalue weighted by molar-refractivity contribution is 5.90. The van der Waals surface area contributed by atoms with Crippen molar-refractivity contribution in [3.05, 3.63) is 48.3 Å². The lowest BCUT2D eigenvalue weighted by Crippen LogP contribution is -2.46. The van der Waals surface area contributed by atoms with E-state index >= 15 is 0 Å². The first-order valence-corrected chi connectivity index (χ1v) is 8.45. The Balaban J connectivity index is 1.45. The number of anilines is 1. The predicted molar refractivity (Wildman–Crippen MR) is 89.3 cm³/mol. The molecule has 2 aromatic rings. The first-order chi connectivity index (χ1) is 11.3. The van der Waals surface area contributed by atoms with E-state index in [0.29, 0.717) is 18.6 Å². The normalized spacial score (nSPS) is 23.0. The Morgan fingerprint density at radius 3 is 2.74 bits per heavy atom. The third-order valence-corrected chi connectivity index (χ3v) is 5.01. The Morgan fingerprint density at radius 1 is 1.17 bits per heavy atom. The molecule has 0 aliphatic carbocycles. The van der Waals surface area contributed by atoms with E-state index in [1.165, 1.54) is 6.42 Å². The van der Waals surface area contributed by atoms with Gasteiger partial charge in [-0.1, -0.05) is 12.1 Å². The zero-order valence-corrected chi connectivity index (χ0v) is 13.2. The van der Waals surface area contributed by atoms with E-state index in [0.717, 1.165) is 36.9 Å². The summed E-state index contributed by atoms with van der Waals surface area (Å²) in [6, 6.07) is 10.9. The number of benzene rings is 1. The Labute approximate surface area is 136 Å². The molecule has 5 heteroatoms. The van der Waals surface area contributed by atoms with E-state index in [1.807, 2.05) is 35.1 Å². The van der Waals surface area contributed by atoms with Crippen molar-refractivity contribution in [2.24, 2.45) is 0 Å². The number of aromatic nitrogens is 2. The maximum Gasteiger partial charge on any atom is 0.322 e. The molecule has 2 aliphatic rings. The summed E-state index contributed by atoms with van der Waals surface area (Å²) in [4.78, 5) is 14.7. The van der Waals surface area contributed by atoms with Gasteiger partial charge < -0.3 is 10.2 Å². The van der Waals surface area contributed by atoms with Crippen LogP contribution < -0.4 is 5.32 Å². The lowest BCUT2D eigenvalue weighted by Gasteiger charge is -2.34. The van der Waals surface area contributed by atoms with E-state index in [1.54, 1.807) is 6.20 Å². The smallest absolute Gasteiger partial charge is 0.319 e. The van der Waals surface area contributed by atoms with Gasteiger partial charge in [-0.15, -0.1) is 0 Å². The monoisotopic (exact) mass is 310 g/mol. The molecular formula is C18H22N4O. The van der Waals surface area contributed by atoms with Gasteiger partial charge in [0, 0.05) is 30.2 Å². The zero-order valence-electron chi connectivity index (χ0n) is 13.2. The molecule has 2 fully saturated rings. The number of urea groups is 1. The average molecular weight is 310 g/mol. The lowest BCUT2D eigenvalue weighted by molar-refractivity contribution is 0.159. The van der Waals surface area contributed by atoms with Gasteiger partial charge in [-0.25, -0.2) is 4.79 Å². The fourth-order valence-electron chi connectivity index (χ4n) is 3.97. The minimum absolute atomic E-state index is 0.0634. The molecule has 2 aliphatic heterocycles. The molecule has 2 bridgehead atoms. The molecule has 4 rings (SSSR count). The van der Waals surface area contributed by atoms with Gasteiger partial charge in [0.1, 0.15) is 0 Å². The van der Waals surface area contributed by atoms with Crippen molar-refractivity contribution in [2.75, 3.05) is 5.32 Å². The van der Waals surface area contributed by atoms with E-state index < -0.39 is 0 Å². The van der Waals surface area contributed by atoms with E-state index in [9.17, 15) is 4.79 Å². The van der Waals surface area contributed by atoms with Crippen LogP contribution in [-0.2, 0) is 6.54 Å². The van der Waals surface area contributed by atoms with Crippen LogP contribution in [0, 0.1) is 0 Å². The summed E-state index contributed by atoms with van der Waals surface area (Å²) < 4.78 is 1.88. The molecule has 2 amide bonds. The lowest BCUT2D eigenvalue weighted by atomic mass is 10.0. The molecule has 0 radical (unpaired) electrons. The standard InChI is InChI=1S/C18H22N4O/c23-18(22-16-6-2-7-17(22)9-8-16)20-15-5-1-4-14(12-15)13-21-11-3-10-19-21/h1,3-5,10-12,16-17H,2,6-9,13H2,(H,20,23). The Kier molecular flexibility index (Phi) is 3.77. The number of fused-ring (bicyclic) bond motifs is 2. The molecule has 1 N–H and O–H groups in total. The summed E-state index contributed by atoms with van der Waals surface area (Å²) in [5.41, 5.74) is 2.00. The van der Waals surface area contributed by atoms with E-state index in [2.05, 4.69) is 21.4 Å². The molecule has 1 aromatic heterocycles. The summed E-state index contributed by atoms with van der Waals surface area (Å²) in [6.07, 6.45) is 9.62. The fourth-order valence-corrected chi connectivity index (χ4v) is 3.97. The van der Waals surface area contributed by atoms with Crippen molar-refractivity contribution < 1.29 is 4.79 Å². The van der Waals surface area contributed by atoms with Crippen LogP contribution in [0.4, 0.5) is 10.5 Å². The average Bonchev–Trinajstić information content (AvgIpc) is 3.14. The topological polar surface area (TPSA) is 50.2 Å². The first-order valence-electron chi connectivity index (χ1n) is 8.45. The van der Waals surface area contributed by atoms with Crippen LogP contribution in [0.15, 0.2) is 42.7 Å². The minimum atomic E-state index is 0.0634. The molecule has 2 saturated heterocycles. The summed E-state index contributed by atoms with van der Waals surface area (Å²) in [6.45, 7) is 0.714. The van der Waals surface area contributed by atoms with Crippen LogP contribution in [-0.4, -0.2) is 32.8 Å². The molecule has 1 aromatic carbocycles. The van der Waals surface area contributed by atoms with Gasteiger partial charge in [-0.2, -0.15) is 5.10 Å². The maximum atomic E-state index is 12.7. The molecule has 23 heavy (non-hydrogen) atoms. The highest BCUT2D eigenvalue weighted by atomic mass is 16.2. The predicted octanol–water partition coefficient (Wildman–Crippen LogP) is 3.48. The minimum Gasteiger partial charge on any atom is -0.319 e. The highest BCUT2D eigenvalue weighted by Gasteiger charge is 2.39. The van der Waals surface area contributed by atoms with Gasteiger partial charge in [0.05, 0.1) is 6.54 Å². The molecule has 5 nitrogen and oxygen atoms in total. The number of amides is 2. The van der Waals surface area contributed by atoms with Crippen molar-refractivity contribution >= 4 is 11.7 Å². The van der Waals surface area contributed by atoms with Crippen LogP contribution in [0.2, 0.25) is 0 Å². The number of hydrogen-bond acceptors (Lipinski definition) is 2. The SMILES string of the molecule is O=C(Nc1cccc(Cn2cccn2)c1)N1C2CCCC1CC2. The third kappa shape index (κ3) is 2.96. The number of carbonyl (C=O) groups excluding carboxylic acids is 1. The Hall–Kier alpha value is -2.30.